The van der Waals surface area contributed by atoms with E-state index in [2.05, 4.69) is 15.8 Å². The normalized spacial score (nSPS) is 18.8. The predicted molar refractivity (Wildman–Crippen MR) is 66.8 cm³/mol. The number of carbonyl (C=O) groups excluding carboxylic acids is 1. The monoisotopic (exact) mass is 264 g/mol. The highest BCUT2D eigenvalue weighted by Crippen LogP contribution is 2.29. The van der Waals surface area contributed by atoms with Gasteiger partial charge in [-0.1, -0.05) is 12.1 Å². The minimum Gasteiger partial charge on any atom is -0.478 e. The van der Waals surface area contributed by atoms with Gasteiger partial charge in [-0.25, -0.2) is 10.2 Å². The number of rotatable bonds is 3. The minimum atomic E-state index is -1.19. The summed E-state index contributed by atoms with van der Waals surface area (Å²) in [5, 5.41) is 25.2. The summed E-state index contributed by atoms with van der Waals surface area (Å²) >= 11 is 0. The Morgan fingerprint density at radius 2 is 2.21 bits per heavy atom. The van der Waals surface area contributed by atoms with Crippen molar-refractivity contribution in [2.45, 2.75) is 6.23 Å². The third kappa shape index (κ3) is 2.39. The first-order valence-electron chi connectivity index (χ1n) is 5.42. The fourth-order valence-electron chi connectivity index (χ4n) is 1.74. The number of aliphatic hydroxyl groups is 1. The van der Waals surface area contributed by atoms with Crippen LogP contribution >= 0.6 is 0 Å². The Morgan fingerprint density at radius 3 is 2.84 bits per heavy atom. The molecule has 19 heavy (non-hydrogen) atoms. The van der Waals surface area contributed by atoms with Crippen molar-refractivity contribution in [1.29, 1.82) is 0 Å². The van der Waals surface area contributed by atoms with Gasteiger partial charge < -0.3 is 21.3 Å². The highest BCUT2D eigenvalue weighted by atomic mass is 16.4. The molecule has 1 aromatic rings. The molecule has 1 amide bonds. The van der Waals surface area contributed by atoms with Gasteiger partial charge in [0.15, 0.2) is 6.23 Å². The molecular formula is C11H12N4O4. The van der Waals surface area contributed by atoms with Crippen LogP contribution in [0.1, 0.15) is 15.9 Å². The number of carboxylic acid groups (broad SMARTS) is 1. The summed E-state index contributed by atoms with van der Waals surface area (Å²) in [7, 11) is 0. The quantitative estimate of drug-likeness (QED) is 0.440. The van der Waals surface area contributed by atoms with Gasteiger partial charge in [-0.3, -0.25) is 4.79 Å². The Morgan fingerprint density at radius 1 is 1.47 bits per heavy atom. The van der Waals surface area contributed by atoms with Gasteiger partial charge in [-0.05, 0) is 6.07 Å². The first-order chi connectivity index (χ1) is 9.04. The van der Waals surface area contributed by atoms with E-state index in [0.717, 1.165) is 0 Å². The lowest BCUT2D eigenvalue weighted by molar-refractivity contribution is -0.119. The fraction of sp³-hybridized carbons (Fsp3) is 0.182. The number of fused-ring (bicyclic) bond motifs is 1. The topological polar surface area (TPSA) is 137 Å². The first-order valence-corrected chi connectivity index (χ1v) is 5.42. The highest BCUT2D eigenvalue weighted by Gasteiger charge is 2.30. The predicted octanol–water partition coefficient (Wildman–Crippen LogP) is -1.09. The van der Waals surface area contributed by atoms with Crippen LogP contribution in [0, 0.1) is 0 Å². The van der Waals surface area contributed by atoms with Gasteiger partial charge in [0.05, 0.1) is 17.8 Å². The molecule has 0 aromatic heterocycles. The average Bonchev–Trinajstić information content (AvgIpc) is 2.71. The van der Waals surface area contributed by atoms with Crippen LogP contribution in [0.3, 0.4) is 0 Å². The third-order valence-electron chi connectivity index (χ3n) is 2.60. The number of para-hydroxylation sites is 1. The minimum absolute atomic E-state index is 0.0203. The number of anilines is 1. The standard InChI is InChI=1S/C11H12N4O4/c12-4-7(16)14-15-9-5-2-1-3-6(11(18)19)8(5)13-10(9)17/h1-3,10,13,17H,4,12H2,(H,14,16)(H,18,19)/t10-/m1/s1. The zero-order valence-electron chi connectivity index (χ0n) is 9.75. The van der Waals surface area contributed by atoms with Crippen molar-refractivity contribution in [1.82, 2.24) is 5.43 Å². The van der Waals surface area contributed by atoms with E-state index in [1.165, 1.54) is 12.1 Å². The molecule has 0 saturated carbocycles. The Labute approximate surface area is 107 Å². The average molecular weight is 264 g/mol. The van der Waals surface area contributed by atoms with Crippen molar-refractivity contribution in [2.24, 2.45) is 10.8 Å². The van der Waals surface area contributed by atoms with Crippen molar-refractivity contribution in [3.8, 4) is 0 Å². The molecule has 1 aromatic carbocycles. The maximum absolute atomic E-state index is 11.0. The van der Waals surface area contributed by atoms with Gasteiger partial charge in [0, 0.05) is 5.56 Å². The maximum Gasteiger partial charge on any atom is 0.337 e. The maximum atomic E-state index is 11.0. The number of hydrogen-bond acceptors (Lipinski definition) is 6. The van der Waals surface area contributed by atoms with E-state index in [1.807, 2.05) is 0 Å². The molecule has 1 aliphatic heterocycles. The molecule has 8 nitrogen and oxygen atoms in total. The van der Waals surface area contributed by atoms with Gasteiger partial charge >= 0.3 is 5.97 Å². The Bertz CT molecular complexity index is 570. The second-order valence-electron chi connectivity index (χ2n) is 3.82. The Hall–Kier alpha value is -2.45. The molecule has 0 aliphatic carbocycles. The molecule has 2 rings (SSSR count). The van der Waals surface area contributed by atoms with Crippen molar-refractivity contribution in [3.05, 3.63) is 29.3 Å². The van der Waals surface area contributed by atoms with Crippen molar-refractivity contribution < 1.29 is 19.8 Å². The van der Waals surface area contributed by atoms with Crippen molar-refractivity contribution in [3.63, 3.8) is 0 Å². The Kier molecular flexibility index (Phi) is 3.45. The number of nitrogens with zero attached hydrogens (tertiary/aromatic N) is 1. The second kappa shape index (κ2) is 5.04. The van der Waals surface area contributed by atoms with Crippen molar-refractivity contribution >= 4 is 23.3 Å². The summed E-state index contributed by atoms with van der Waals surface area (Å²) in [5.41, 5.74) is 8.13. The summed E-state index contributed by atoms with van der Waals surface area (Å²) < 4.78 is 0. The highest BCUT2D eigenvalue weighted by molar-refractivity contribution is 6.16. The van der Waals surface area contributed by atoms with Crippen LogP contribution in [0.25, 0.3) is 0 Å². The van der Waals surface area contributed by atoms with Crippen molar-refractivity contribution in [2.75, 3.05) is 11.9 Å². The molecule has 0 unspecified atom stereocenters. The summed E-state index contributed by atoms with van der Waals surface area (Å²) in [5.74, 6) is -1.63. The number of aromatic carboxylic acids is 1. The van der Waals surface area contributed by atoms with E-state index in [-0.39, 0.29) is 23.5 Å². The first kappa shape index (κ1) is 13.0. The molecule has 0 saturated heterocycles. The number of aliphatic hydroxyl groups excluding tert-OH is 1. The zero-order chi connectivity index (χ0) is 14.0. The van der Waals surface area contributed by atoms with Crippen LogP contribution in [0.4, 0.5) is 5.69 Å². The van der Waals surface area contributed by atoms with Crippen LogP contribution in [-0.2, 0) is 4.79 Å². The zero-order valence-corrected chi connectivity index (χ0v) is 9.75. The molecule has 1 atom stereocenters. The third-order valence-corrected chi connectivity index (χ3v) is 2.60. The largest absolute Gasteiger partial charge is 0.478 e. The Balaban J connectivity index is 2.39. The molecule has 1 heterocycles. The van der Waals surface area contributed by atoms with E-state index < -0.39 is 18.1 Å². The number of carbonyl (C=O) groups is 2. The van der Waals surface area contributed by atoms with Gasteiger partial charge in [0.2, 0.25) is 0 Å². The lowest BCUT2D eigenvalue weighted by atomic mass is 10.1. The molecule has 100 valence electrons. The fourth-order valence-corrected chi connectivity index (χ4v) is 1.74. The van der Waals surface area contributed by atoms with E-state index in [9.17, 15) is 14.7 Å². The smallest absolute Gasteiger partial charge is 0.337 e. The molecule has 0 bridgehead atoms. The number of nitrogens with one attached hydrogen (secondary N) is 2. The number of benzene rings is 1. The van der Waals surface area contributed by atoms with Gasteiger partial charge in [0.25, 0.3) is 5.91 Å². The van der Waals surface area contributed by atoms with Crippen LogP contribution in [-0.4, -0.2) is 40.6 Å². The summed E-state index contributed by atoms with van der Waals surface area (Å²) in [4.78, 5) is 22.1. The SMILES string of the molecule is NCC(=O)NN=C1c2cccc(C(=O)O)c2N[C@@H]1O. The van der Waals surface area contributed by atoms with Crippen LogP contribution in [0.15, 0.2) is 23.3 Å². The number of nitrogens with two attached hydrogens (primary N) is 1. The number of hydrogen-bond donors (Lipinski definition) is 5. The van der Waals surface area contributed by atoms with Gasteiger partial charge in [0.1, 0.15) is 5.71 Å². The molecule has 0 radical (unpaired) electrons. The molecular weight excluding hydrogens is 252 g/mol. The molecule has 6 N–H and O–H groups in total. The number of hydrazone groups is 1. The summed E-state index contributed by atoms with van der Waals surface area (Å²) in [6.45, 7) is -0.234. The van der Waals surface area contributed by atoms with E-state index in [1.54, 1.807) is 6.07 Å². The lowest BCUT2D eigenvalue weighted by Crippen LogP contribution is -2.30. The van der Waals surface area contributed by atoms with E-state index in [4.69, 9.17) is 10.8 Å². The summed E-state index contributed by atoms with van der Waals surface area (Å²) in [6, 6.07) is 4.53. The van der Waals surface area contributed by atoms with Gasteiger partial charge in [-0.15, -0.1) is 0 Å². The molecule has 1 aliphatic rings. The van der Waals surface area contributed by atoms with E-state index in [0.29, 0.717) is 5.56 Å². The van der Waals surface area contributed by atoms with Crippen LogP contribution < -0.4 is 16.5 Å². The lowest BCUT2D eigenvalue weighted by Gasteiger charge is -2.04. The number of amides is 1. The summed E-state index contributed by atoms with van der Waals surface area (Å²) in [6.07, 6.45) is -1.19. The van der Waals surface area contributed by atoms with Gasteiger partial charge in [-0.2, -0.15) is 5.10 Å². The van der Waals surface area contributed by atoms with Crippen LogP contribution in [0.5, 0.6) is 0 Å². The second-order valence-corrected chi connectivity index (χ2v) is 3.82. The number of carboxylic acids is 1. The molecule has 0 spiro atoms. The van der Waals surface area contributed by atoms with E-state index >= 15 is 0 Å². The molecule has 0 fully saturated rings. The molecule has 8 heteroatoms. The van der Waals surface area contributed by atoms with Crippen LogP contribution in [0.2, 0.25) is 0 Å².